The van der Waals surface area contributed by atoms with Crippen LogP contribution < -0.4 is 16.0 Å². The van der Waals surface area contributed by atoms with Gasteiger partial charge in [-0.15, -0.1) is 11.3 Å². The molecule has 33 heavy (non-hydrogen) atoms. The normalized spacial score (nSPS) is 16.7. The van der Waals surface area contributed by atoms with Gasteiger partial charge in [-0.3, -0.25) is 4.79 Å². The molecule has 4 N–H and O–H groups in total. The first-order valence-electron chi connectivity index (χ1n) is 11.3. The second-order valence-corrected chi connectivity index (χ2v) is 9.90. The topological polar surface area (TPSA) is 108 Å². The maximum atomic E-state index is 11.1. The molecule has 0 aliphatic carbocycles. The van der Waals surface area contributed by atoms with E-state index in [1.165, 1.54) is 5.69 Å². The molecule has 4 rings (SSSR count). The number of benzene rings is 1. The Morgan fingerprint density at radius 3 is 2.58 bits per heavy atom. The molecular weight excluding hydrogens is 436 g/mol. The number of nitrogens with two attached hydrogens (primary N) is 1. The van der Waals surface area contributed by atoms with Crippen LogP contribution in [0, 0.1) is 12.8 Å². The van der Waals surface area contributed by atoms with E-state index in [4.69, 9.17) is 20.8 Å². The first-order chi connectivity index (χ1) is 15.8. The molecule has 8 nitrogen and oxygen atoms in total. The van der Waals surface area contributed by atoms with Crippen molar-refractivity contribution >= 4 is 44.8 Å². The van der Waals surface area contributed by atoms with Gasteiger partial charge in [-0.2, -0.15) is 0 Å². The third-order valence-electron chi connectivity index (χ3n) is 6.20. The molecule has 3 heterocycles. The first-order valence-corrected chi connectivity index (χ1v) is 12.2. The molecule has 2 aromatic heterocycles. The summed E-state index contributed by atoms with van der Waals surface area (Å²) in [6, 6.07) is 7.54. The molecule has 1 aromatic carbocycles. The number of nitrogens with zero attached hydrogens (tertiary/aromatic N) is 4. The van der Waals surface area contributed by atoms with Crippen molar-refractivity contribution in [3.8, 4) is 0 Å². The molecule has 0 radical (unpaired) electrons. The number of rotatable bonds is 8. The Labute approximate surface area is 198 Å². The molecule has 3 aromatic rings. The van der Waals surface area contributed by atoms with Crippen molar-refractivity contribution in [1.29, 1.82) is 0 Å². The molecule has 176 valence electrons. The monoisotopic (exact) mass is 468 g/mol. The highest BCUT2D eigenvalue weighted by Crippen LogP contribution is 2.30. The Hall–Kier alpha value is -2.75. The number of carbonyl (C=O) groups is 1. The van der Waals surface area contributed by atoms with Crippen molar-refractivity contribution in [3.05, 3.63) is 40.9 Å². The van der Waals surface area contributed by atoms with E-state index in [0.717, 1.165) is 53.3 Å². The number of nitrogens with one attached hydrogen (secondary N) is 1. The standard InChI is InChI=1S/C24H32N6O2S/c1-15(12-19(25)23(31)32)13-20-21-16(2)14-33-22(21)28-24(27-20)26-17-4-6-18(7-5-17)30-10-8-29(3)9-11-30/h4-7,14-15,19H,8-13,25H2,1-3H3,(H,31,32)(H,26,27,28)/t15?,19-/m1/s1. The van der Waals surface area contributed by atoms with Crippen molar-refractivity contribution in [3.63, 3.8) is 0 Å². The Morgan fingerprint density at radius 1 is 1.21 bits per heavy atom. The highest BCUT2D eigenvalue weighted by molar-refractivity contribution is 7.17. The molecule has 2 atom stereocenters. The Morgan fingerprint density at radius 2 is 1.91 bits per heavy atom. The molecule has 1 saturated heterocycles. The molecular formula is C24H32N6O2S. The van der Waals surface area contributed by atoms with Gasteiger partial charge in [0.05, 0.1) is 5.69 Å². The number of likely N-dealkylation sites (N-methyl/N-ethyl adjacent to an activating group) is 1. The van der Waals surface area contributed by atoms with Crippen molar-refractivity contribution in [2.24, 2.45) is 11.7 Å². The second-order valence-electron chi connectivity index (χ2n) is 9.04. The number of aromatic nitrogens is 2. The predicted molar refractivity (Wildman–Crippen MR) is 135 cm³/mol. The van der Waals surface area contributed by atoms with Crippen LogP contribution in [0.25, 0.3) is 10.2 Å². The van der Waals surface area contributed by atoms with E-state index in [9.17, 15) is 4.79 Å². The fourth-order valence-corrected chi connectivity index (χ4v) is 5.21. The summed E-state index contributed by atoms with van der Waals surface area (Å²) in [5.74, 6) is -0.325. The fourth-order valence-electron chi connectivity index (χ4n) is 4.27. The summed E-state index contributed by atoms with van der Waals surface area (Å²) in [6.07, 6.45) is 1.05. The van der Waals surface area contributed by atoms with E-state index >= 15 is 0 Å². The van der Waals surface area contributed by atoms with Crippen LogP contribution in [-0.2, 0) is 11.2 Å². The second kappa shape index (κ2) is 10.0. The van der Waals surface area contributed by atoms with Gasteiger partial charge >= 0.3 is 5.97 Å². The van der Waals surface area contributed by atoms with E-state index in [0.29, 0.717) is 18.8 Å². The van der Waals surface area contributed by atoms with E-state index in [-0.39, 0.29) is 5.92 Å². The number of aryl methyl sites for hydroxylation is 1. The summed E-state index contributed by atoms with van der Waals surface area (Å²) in [5.41, 5.74) is 9.99. The minimum absolute atomic E-state index is 0.0872. The predicted octanol–water partition coefficient (Wildman–Crippen LogP) is 3.48. The quantitative estimate of drug-likeness (QED) is 0.461. The lowest BCUT2D eigenvalue weighted by atomic mass is 9.95. The van der Waals surface area contributed by atoms with Gasteiger partial charge in [-0.1, -0.05) is 6.92 Å². The van der Waals surface area contributed by atoms with Gasteiger partial charge in [-0.25, -0.2) is 9.97 Å². The molecule has 1 aliphatic heterocycles. The summed E-state index contributed by atoms with van der Waals surface area (Å²) >= 11 is 1.60. The van der Waals surface area contributed by atoms with E-state index in [1.807, 2.05) is 6.92 Å². The SMILES string of the molecule is Cc1csc2nc(Nc3ccc(N4CCN(C)CC4)cc3)nc(CC(C)C[C@@H](N)C(=O)O)c12. The van der Waals surface area contributed by atoms with Gasteiger partial charge in [-0.05, 0) is 67.9 Å². The minimum atomic E-state index is -0.969. The zero-order valence-corrected chi connectivity index (χ0v) is 20.2. The lowest BCUT2D eigenvalue weighted by molar-refractivity contribution is -0.138. The van der Waals surface area contributed by atoms with Crippen molar-refractivity contribution < 1.29 is 9.90 Å². The molecule has 0 bridgehead atoms. The van der Waals surface area contributed by atoms with Crippen LogP contribution in [-0.4, -0.2) is 65.2 Å². The highest BCUT2D eigenvalue weighted by Gasteiger charge is 2.20. The number of carboxylic acids is 1. The smallest absolute Gasteiger partial charge is 0.320 e. The number of hydrogen-bond acceptors (Lipinski definition) is 8. The number of anilines is 3. The van der Waals surface area contributed by atoms with Crippen LogP contribution in [0.5, 0.6) is 0 Å². The summed E-state index contributed by atoms with van der Waals surface area (Å²) in [5, 5.41) is 15.6. The summed E-state index contributed by atoms with van der Waals surface area (Å²) < 4.78 is 0. The van der Waals surface area contributed by atoms with Crippen LogP contribution in [0.3, 0.4) is 0 Å². The zero-order chi connectivity index (χ0) is 23.5. The number of hydrogen-bond donors (Lipinski definition) is 3. The Bertz CT molecular complexity index is 1110. The Balaban J connectivity index is 1.51. The number of carboxylic acid groups (broad SMARTS) is 1. The van der Waals surface area contributed by atoms with Crippen LogP contribution in [0.1, 0.15) is 24.6 Å². The zero-order valence-electron chi connectivity index (χ0n) is 19.4. The summed E-state index contributed by atoms with van der Waals surface area (Å²) in [4.78, 5) is 26.4. The van der Waals surface area contributed by atoms with Crippen LogP contribution in [0.4, 0.5) is 17.3 Å². The number of fused-ring (bicyclic) bond motifs is 1. The van der Waals surface area contributed by atoms with Crippen molar-refractivity contribution in [2.45, 2.75) is 32.7 Å². The lowest BCUT2D eigenvalue weighted by Crippen LogP contribution is -2.44. The maximum Gasteiger partial charge on any atom is 0.320 e. The minimum Gasteiger partial charge on any atom is -0.480 e. The third kappa shape index (κ3) is 5.61. The average Bonchev–Trinajstić information content (AvgIpc) is 3.15. The van der Waals surface area contributed by atoms with Crippen LogP contribution >= 0.6 is 11.3 Å². The number of thiophene rings is 1. The molecule has 0 amide bonds. The van der Waals surface area contributed by atoms with Gasteiger partial charge in [0.25, 0.3) is 0 Å². The summed E-state index contributed by atoms with van der Waals surface area (Å²) in [6.45, 7) is 8.30. The third-order valence-corrected chi connectivity index (χ3v) is 7.19. The molecule has 0 spiro atoms. The number of piperazine rings is 1. The lowest BCUT2D eigenvalue weighted by Gasteiger charge is -2.34. The molecule has 1 fully saturated rings. The molecule has 0 saturated carbocycles. The van der Waals surface area contributed by atoms with Gasteiger partial charge in [0.15, 0.2) is 0 Å². The van der Waals surface area contributed by atoms with Gasteiger partial charge in [0, 0.05) is 42.9 Å². The Kier molecular flexibility index (Phi) is 7.11. The first kappa shape index (κ1) is 23.4. The van der Waals surface area contributed by atoms with Crippen LogP contribution in [0.15, 0.2) is 29.6 Å². The van der Waals surface area contributed by atoms with E-state index in [2.05, 4.69) is 58.7 Å². The number of aliphatic carboxylic acids is 1. The highest BCUT2D eigenvalue weighted by atomic mass is 32.1. The van der Waals surface area contributed by atoms with E-state index < -0.39 is 12.0 Å². The van der Waals surface area contributed by atoms with Crippen LogP contribution in [0.2, 0.25) is 0 Å². The van der Waals surface area contributed by atoms with E-state index in [1.54, 1.807) is 11.3 Å². The average molecular weight is 469 g/mol. The fraction of sp³-hybridized carbons (Fsp3) is 0.458. The molecule has 9 heteroatoms. The molecule has 1 unspecified atom stereocenters. The largest absolute Gasteiger partial charge is 0.480 e. The molecule has 1 aliphatic rings. The van der Waals surface area contributed by atoms with Gasteiger partial charge < -0.3 is 26.0 Å². The van der Waals surface area contributed by atoms with Gasteiger partial charge in [0.1, 0.15) is 10.9 Å². The van der Waals surface area contributed by atoms with Crippen molar-refractivity contribution in [2.75, 3.05) is 43.4 Å². The maximum absolute atomic E-state index is 11.1. The summed E-state index contributed by atoms with van der Waals surface area (Å²) in [7, 11) is 2.16. The van der Waals surface area contributed by atoms with Gasteiger partial charge in [0.2, 0.25) is 5.95 Å². The van der Waals surface area contributed by atoms with Crippen molar-refractivity contribution in [1.82, 2.24) is 14.9 Å².